The second-order valence-electron chi connectivity index (χ2n) is 6.21. The Morgan fingerprint density at radius 3 is 2.40 bits per heavy atom. The monoisotopic (exact) mass is 275 g/mol. The van der Waals surface area contributed by atoms with E-state index in [2.05, 4.69) is 10.1 Å². The molecule has 0 saturated carbocycles. The molecule has 0 bridgehead atoms. The van der Waals surface area contributed by atoms with Crippen LogP contribution in [0, 0.1) is 6.92 Å². The minimum Gasteiger partial charge on any atom is -0.478 e. The molecule has 0 spiro atoms. The van der Waals surface area contributed by atoms with Crippen LogP contribution in [0.3, 0.4) is 0 Å². The first-order chi connectivity index (χ1) is 9.19. The Labute approximate surface area is 117 Å². The summed E-state index contributed by atoms with van der Waals surface area (Å²) in [6.45, 7) is 10.0. The second-order valence-corrected chi connectivity index (χ2v) is 6.21. The van der Waals surface area contributed by atoms with Crippen molar-refractivity contribution < 1.29 is 14.4 Å². The van der Waals surface area contributed by atoms with Crippen molar-refractivity contribution in [1.29, 1.82) is 0 Å². The van der Waals surface area contributed by atoms with Crippen molar-refractivity contribution in [2.24, 2.45) is 0 Å². The highest BCUT2D eigenvalue weighted by Gasteiger charge is 2.52. The molecule has 0 unspecified atom stereocenters. The molecule has 0 atom stereocenters. The summed E-state index contributed by atoms with van der Waals surface area (Å²) in [5.74, 6) is 0. The molecule has 1 fully saturated rings. The number of aromatic hydroxyl groups is 1. The summed E-state index contributed by atoms with van der Waals surface area (Å²) >= 11 is 0. The van der Waals surface area contributed by atoms with E-state index >= 15 is 0 Å². The molecular weight excluding hydrogens is 257 g/mol. The Morgan fingerprint density at radius 1 is 1.20 bits per heavy atom. The van der Waals surface area contributed by atoms with E-state index in [9.17, 15) is 5.11 Å². The molecule has 2 aromatic rings. The quantitative estimate of drug-likeness (QED) is 0.787. The van der Waals surface area contributed by atoms with Gasteiger partial charge in [-0.05, 0) is 46.2 Å². The standard InChI is InChI=1S/C13H18BN3O3/c1-8-6-10-15-11(18)16-17(10)7-9(8)14-19-12(2,3)13(4,5)20-14/h6-7H,1-5H3,(H,16,18). The molecule has 6 nitrogen and oxygen atoms in total. The normalized spacial score (nSPS) is 20.8. The summed E-state index contributed by atoms with van der Waals surface area (Å²) in [6, 6.07) is 1.61. The number of nitrogens with zero attached hydrogens (tertiary/aromatic N) is 3. The van der Waals surface area contributed by atoms with Crippen molar-refractivity contribution in [2.45, 2.75) is 45.8 Å². The van der Waals surface area contributed by atoms with Gasteiger partial charge in [-0.1, -0.05) is 0 Å². The van der Waals surface area contributed by atoms with Crippen molar-refractivity contribution in [2.75, 3.05) is 0 Å². The van der Waals surface area contributed by atoms with Gasteiger partial charge < -0.3 is 14.4 Å². The van der Waals surface area contributed by atoms with Gasteiger partial charge in [0.25, 0.3) is 0 Å². The average Bonchev–Trinajstić information content (AvgIpc) is 2.74. The van der Waals surface area contributed by atoms with Gasteiger partial charge in [-0.15, -0.1) is 5.10 Å². The molecule has 1 aliphatic heterocycles. The zero-order valence-electron chi connectivity index (χ0n) is 12.3. The lowest BCUT2D eigenvalue weighted by Crippen LogP contribution is -2.41. The topological polar surface area (TPSA) is 68.9 Å². The summed E-state index contributed by atoms with van der Waals surface area (Å²) in [5, 5.41) is 13.3. The van der Waals surface area contributed by atoms with Crippen molar-refractivity contribution >= 4 is 18.2 Å². The van der Waals surface area contributed by atoms with E-state index in [0.29, 0.717) is 5.65 Å². The predicted octanol–water partition coefficient (Wildman–Crippen LogP) is 1.04. The van der Waals surface area contributed by atoms with E-state index in [4.69, 9.17) is 9.31 Å². The van der Waals surface area contributed by atoms with Gasteiger partial charge in [0.1, 0.15) is 0 Å². The summed E-state index contributed by atoms with van der Waals surface area (Å²) in [5.41, 5.74) is 1.71. The first-order valence-electron chi connectivity index (χ1n) is 6.61. The van der Waals surface area contributed by atoms with Crippen LogP contribution in [-0.4, -0.2) is 38.0 Å². The van der Waals surface area contributed by atoms with E-state index < -0.39 is 7.12 Å². The minimum atomic E-state index is -0.448. The lowest BCUT2D eigenvalue weighted by molar-refractivity contribution is 0.00578. The van der Waals surface area contributed by atoms with Crippen LogP contribution in [0.2, 0.25) is 0 Å². The van der Waals surface area contributed by atoms with Crippen molar-refractivity contribution in [3.05, 3.63) is 17.8 Å². The number of hydrogen-bond acceptors (Lipinski definition) is 5. The van der Waals surface area contributed by atoms with Crippen LogP contribution in [0.4, 0.5) is 0 Å². The molecule has 7 heteroatoms. The molecule has 1 saturated heterocycles. The summed E-state index contributed by atoms with van der Waals surface area (Å²) in [7, 11) is -0.448. The van der Waals surface area contributed by atoms with Gasteiger partial charge in [0.2, 0.25) is 0 Å². The Morgan fingerprint density at radius 2 is 1.80 bits per heavy atom. The van der Waals surface area contributed by atoms with Gasteiger partial charge in [-0.3, -0.25) is 0 Å². The van der Waals surface area contributed by atoms with Crippen LogP contribution < -0.4 is 5.46 Å². The maximum Gasteiger partial charge on any atom is 0.496 e. The minimum absolute atomic E-state index is 0.240. The number of rotatable bonds is 1. The van der Waals surface area contributed by atoms with Gasteiger partial charge in [-0.25, -0.2) is 4.52 Å². The van der Waals surface area contributed by atoms with Crippen LogP contribution in [0.25, 0.3) is 5.65 Å². The van der Waals surface area contributed by atoms with Crippen LogP contribution in [0.1, 0.15) is 33.3 Å². The molecule has 20 heavy (non-hydrogen) atoms. The maximum absolute atomic E-state index is 9.36. The molecule has 106 valence electrons. The third-order valence-corrected chi connectivity index (χ3v) is 4.22. The first kappa shape index (κ1) is 13.4. The fraction of sp³-hybridized carbons (Fsp3) is 0.538. The Balaban J connectivity index is 2.05. The van der Waals surface area contributed by atoms with Gasteiger partial charge in [0, 0.05) is 11.7 Å². The number of fused-ring (bicyclic) bond motifs is 1. The lowest BCUT2D eigenvalue weighted by Gasteiger charge is -2.32. The second kappa shape index (κ2) is 3.96. The highest BCUT2D eigenvalue weighted by molar-refractivity contribution is 6.62. The molecule has 1 N–H and O–H groups in total. The van der Waals surface area contributed by atoms with E-state index in [1.165, 1.54) is 4.52 Å². The highest BCUT2D eigenvalue weighted by Crippen LogP contribution is 2.36. The van der Waals surface area contributed by atoms with Gasteiger partial charge >= 0.3 is 13.1 Å². The SMILES string of the molecule is Cc1cc2nc(O)nn2cc1B1OC(C)(C)C(C)(C)O1. The van der Waals surface area contributed by atoms with Crippen molar-refractivity contribution in [3.8, 4) is 6.01 Å². The highest BCUT2D eigenvalue weighted by atomic mass is 16.7. The van der Waals surface area contributed by atoms with Crippen LogP contribution >= 0.6 is 0 Å². The predicted molar refractivity (Wildman–Crippen MR) is 75.1 cm³/mol. The molecule has 3 rings (SSSR count). The van der Waals surface area contributed by atoms with E-state index in [1.54, 1.807) is 6.20 Å². The molecular formula is C13H18BN3O3. The Hall–Kier alpha value is -1.60. The van der Waals surface area contributed by atoms with Gasteiger partial charge in [-0.2, -0.15) is 4.98 Å². The third-order valence-electron chi connectivity index (χ3n) is 4.22. The molecule has 1 aliphatic rings. The van der Waals surface area contributed by atoms with Crippen LogP contribution in [0.15, 0.2) is 12.3 Å². The Bertz CT molecular complexity index is 665. The van der Waals surface area contributed by atoms with Gasteiger partial charge in [0.15, 0.2) is 5.65 Å². The number of aromatic nitrogens is 3. The molecule has 0 amide bonds. The zero-order chi connectivity index (χ0) is 14.7. The lowest BCUT2D eigenvalue weighted by atomic mass is 9.77. The Kier molecular flexibility index (Phi) is 2.65. The van der Waals surface area contributed by atoms with E-state index in [-0.39, 0.29) is 17.2 Å². The molecule has 0 radical (unpaired) electrons. The van der Waals surface area contributed by atoms with Crippen molar-refractivity contribution in [3.63, 3.8) is 0 Å². The number of hydrogen-bond donors (Lipinski definition) is 1. The molecule has 2 aromatic heterocycles. The molecule has 0 aromatic carbocycles. The molecule has 0 aliphatic carbocycles. The summed E-state index contributed by atoms with van der Waals surface area (Å²) in [6.07, 6.45) is 1.79. The first-order valence-corrected chi connectivity index (χ1v) is 6.61. The average molecular weight is 275 g/mol. The van der Waals surface area contributed by atoms with E-state index in [0.717, 1.165) is 11.0 Å². The van der Waals surface area contributed by atoms with E-state index in [1.807, 2.05) is 40.7 Å². The van der Waals surface area contributed by atoms with Crippen LogP contribution in [-0.2, 0) is 9.31 Å². The number of pyridine rings is 1. The summed E-state index contributed by atoms with van der Waals surface area (Å²) in [4.78, 5) is 3.92. The zero-order valence-corrected chi connectivity index (χ0v) is 12.3. The third kappa shape index (κ3) is 1.89. The van der Waals surface area contributed by atoms with Crippen LogP contribution in [0.5, 0.6) is 6.01 Å². The maximum atomic E-state index is 9.36. The van der Waals surface area contributed by atoms with Crippen molar-refractivity contribution in [1.82, 2.24) is 14.6 Å². The fourth-order valence-corrected chi connectivity index (χ4v) is 2.24. The smallest absolute Gasteiger partial charge is 0.478 e. The molecule has 3 heterocycles. The summed E-state index contributed by atoms with van der Waals surface area (Å²) < 4.78 is 13.6. The fourth-order valence-electron chi connectivity index (χ4n) is 2.24. The largest absolute Gasteiger partial charge is 0.496 e. The van der Waals surface area contributed by atoms with Gasteiger partial charge in [0.05, 0.1) is 11.2 Å². The number of aryl methyl sites for hydroxylation is 1.